The Morgan fingerprint density at radius 2 is 1.60 bits per heavy atom. The molecule has 0 saturated carbocycles. The van der Waals surface area contributed by atoms with Crippen LogP contribution in [0, 0.1) is 5.92 Å². The molecule has 3 rings (SSSR count). The van der Waals surface area contributed by atoms with Crippen molar-refractivity contribution < 1.29 is 22.7 Å². The summed E-state index contributed by atoms with van der Waals surface area (Å²) >= 11 is 18.8. The Labute approximate surface area is 262 Å². The second-order valence-corrected chi connectivity index (χ2v) is 13.4. The van der Waals surface area contributed by atoms with Gasteiger partial charge in [-0.2, -0.15) is 0 Å². The topological polar surface area (TPSA) is 96.0 Å². The Bertz CT molecular complexity index is 1500. The highest BCUT2D eigenvalue weighted by Gasteiger charge is 2.34. The fraction of sp³-hybridized carbons (Fsp3) is 0.333. The lowest BCUT2D eigenvalue weighted by molar-refractivity contribution is -0.140. The first kappa shape index (κ1) is 33.5. The van der Waals surface area contributed by atoms with Crippen LogP contribution in [-0.4, -0.2) is 57.6 Å². The summed E-state index contributed by atoms with van der Waals surface area (Å²) in [6.07, 6.45) is 1.17. The predicted molar refractivity (Wildman–Crippen MR) is 169 cm³/mol. The number of methoxy groups -OCH3 is 1. The largest absolute Gasteiger partial charge is 0.495 e. The van der Waals surface area contributed by atoms with Crippen molar-refractivity contribution in [1.82, 2.24) is 10.2 Å². The molecule has 3 aromatic carbocycles. The number of rotatable bonds is 13. The Morgan fingerprint density at radius 1 is 0.952 bits per heavy atom. The van der Waals surface area contributed by atoms with E-state index >= 15 is 0 Å². The van der Waals surface area contributed by atoms with Gasteiger partial charge in [-0.15, -0.1) is 0 Å². The first-order valence-electron chi connectivity index (χ1n) is 13.2. The number of nitrogens with one attached hydrogen (secondary N) is 1. The van der Waals surface area contributed by atoms with E-state index in [1.165, 1.54) is 24.1 Å². The molecule has 0 aliphatic rings. The van der Waals surface area contributed by atoms with Crippen molar-refractivity contribution in [3.8, 4) is 5.75 Å². The molecule has 226 valence electrons. The van der Waals surface area contributed by atoms with Crippen LogP contribution in [0.2, 0.25) is 15.1 Å². The standard InChI is InChI=1S/C30H34Cl3N3O5S/c1-20(2)17-34-30(38)27(14-21-8-6-5-7-9-21)35(18-22-10-11-23(31)15-25(22)33)29(37)19-36(42(4,39)40)26-16-24(32)12-13-28(26)41-3/h5-13,15-16,20,27H,14,17-19H2,1-4H3,(H,34,38)/t27-/m1/s1. The van der Waals surface area contributed by atoms with E-state index < -0.39 is 28.5 Å². The zero-order valence-corrected chi connectivity index (χ0v) is 26.9. The molecule has 1 atom stereocenters. The molecule has 3 aromatic rings. The number of carbonyl (C=O) groups excluding carboxylic acids is 2. The van der Waals surface area contributed by atoms with Gasteiger partial charge in [-0.1, -0.05) is 85.0 Å². The molecule has 0 fully saturated rings. The molecule has 0 spiro atoms. The summed E-state index contributed by atoms with van der Waals surface area (Å²) in [5.74, 6) is -0.635. The summed E-state index contributed by atoms with van der Waals surface area (Å²) in [4.78, 5) is 29.3. The molecule has 12 heteroatoms. The molecule has 8 nitrogen and oxygen atoms in total. The minimum Gasteiger partial charge on any atom is -0.495 e. The predicted octanol–water partition coefficient (Wildman–Crippen LogP) is 5.83. The minimum absolute atomic E-state index is 0.0777. The molecule has 0 aliphatic heterocycles. The van der Waals surface area contributed by atoms with Crippen LogP contribution < -0.4 is 14.4 Å². The number of amides is 2. The summed E-state index contributed by atoms with van der Waals surface area (Å²) < 4.78 is 32.4. The zero-order valence-electron chi connectivity index (χ0n) is 23.8. The van der Waals surface area contributed by atoms with Crippen LogP contribution in [0.1, 0.15) is 25.0 Å². The van der Waals surface area contributed by atoms with E-state index in [9.17, 15) is 18.0 Å². The maximum absolute atomic E-state index is 14.2. The second-order valence-electron chi connectivity index (χ2n) is 10.2. The van der Waals surface area contributed by atoms with Gasteiger partial charge in [0.05, 0.1) is 19.1 Å². The number of ether oxygens (including phenoxy) is 1. The van der Waals surface area contributed by atoms with Gasteiger partial charge in [0.25, 0.3) is 0 Å². The van der Waals surface area contributed by atoms with E-state index in [1.54, 1.807) is 24.3 Å². The highest BCUT2D eigenvalue weighted by molar-refractivity contribution is 7.92. The van der Waals surface area contributed by atoms with Crippen LogP contribution in [0.15, 0.2) is 66.7 Å². The fourth-order valence-electron chi connectivity index (χ4n) is 4.26. The molecule has 2 amide bonds. The van der Waals surface area contributed by atoms with E-state index in [2.05, 4.69) is 5.32 Å². The third-order valence-electron chi connectivity index (χ3n) is 6.40. The molecule has 0 bridgehead atoms. The van der Waals surface area contributed by atoms with Gasteiger partial charge in [-0.3, -0.25) is 13.9 Å². The first-order chi connectivity index (χ1) is 19.8. The molecule has 0 aliphatic carbocycles. The molecule has 42 heavy (non-hydrogen) atoms. The second kappa shape index (κ2) is 15.0. The Morgan fingerprint density at radius 3 is 2.19 bits per heavy atom. The van der Waals surface area contributed by atoms with E-state index in [0.29, 0.717) is 22.2 Å². The summed E-state index contributed by atoms with van der Waals surface area (Å²) in [6, 6.07) is 17.6. The monoisotopic (exact) mass is 653 g/mol. The SMILES string of the molecule is COc1ccc(Cl)cc1N(CC(=O)N(Cc1ccc(Cl)cc1Cl)[C@H](Cc1ccccc1)C(=O)NCC(C)C)S(C)(=O)=O. The summed E-state index contributed by atoms with van der Waals surface area (Å²) in [5, 5.41) is 3.90. The summed E-state index contributed by atoms with van der Waals surface area (Å²) in [5.41, 5.74) is 1.45. The lowest BCUT2D eigenvalue weighted by atomic mass is 10.0. The van der Waals surface area contributed by atoms with E-state index in [0.717, 1.165) is 16.1 Å². The van der Waals surface area contributed by atoms with Crippen LogP contribution in [0.5, 0.6) is 5.75 Å². The normalized spacial score (nSPS) is 12.1. The summed E-state index contributed by atoms with van der Waals surface area (Å²) in [7, 11) is -2.62. The third kappa shape index (κ3) is 9.26. The number of anilines is 1. The quantitative estimate of drug-likeness (QED) is 0.250. The lowest BCUT2D eigenvalue weighted by Crippen LogP contribution is -2.53. The van der Waals surface area contributed by atoms with Crippen molar-refractivity contribution in [3.05, 3.63) is 92.9 Å². The molecular formula is C30H34Cl3N3O5S. The number of hydrogen-bond donors (Lipinski definition) is 1. The van der Waals surface area contributed by atoms with Gasteiger partial charge in [0.1, 0.15) is 18.3 Å². The number of sulfonamides is 1. The number of hydrogen-bond acceptors (Lipinski definition) is 5. The van der Waals surface area contributed by atoms with Crippen LogP contribution in [-0.2, 0) is 32.6 Å². The Balaban J connectivity index is 2.12. The van der Waals surface area contributed by atoms with Crippen LogP contribution in [0.25, 0.3) is 0 Å². The molecular weight excluding hydrogens is 621 g/mol. The van der Waals surface area contributed by atoms with E-state index in [4.69, 9.17) is 39.5 Å². The average molecular weight is 655 g/mol. The third-order valence-corrected chi connectivity index (χ3v) is 8.35. The Hall–Kier alpha value is -2.98. The molecule has 0 aromatic heterocycles. The Kier molecular flexibility index (Phi) is 11.9. The van der Waals surface area contributed by atoms with Crippen LogP contribution in [0.3, 0.4) is 0 Å². The average Bonchev–Trinajstić information content (AvgIpc) is 2.93. The minimum atomic E-state index is -4.01. The lowest BCUT2D eigenvalue weighted by Gasteiger charge is -2.34. The van der Waals surface area contributed by atoms with Crippen molar-refractivity contribution in [2.24, 2.45) is 5.92 Å². The molecule has 0 radical (unpaired) electrons. The highest BCUT2D eigenvalue weighted by Crippen LogP contribution is 2.33. The first-order valence-corrected chi connectivity index (χ1v) is 16.1. The van der Waals surface area contributed by atoms with Gasteiger partial charge < -0.3 is 15.0 Å². The van der Waals surface area contributed by atoms with Crippen molar-refractivity contribution in [2.45, 2.75) is 32.9 Å². The maximum Gasteiger partial charge on any atom is 0.244 e. The molecule has 0 saturated heterocycles. The van der Waals surface area contributed by atoms with Crippen molar-refractivity contribution in [3.63, 3.8) is 0 Å². The number of halogens is 3. The van der Waals surface area contributed by atoms with Gasteiger partial charge >= 0.3 is 0 Å². The number of nitrogens with zero attached hydrogens (tertiary/aromatic N) is 2. The van der Waals surface area contributed by atoms with Crippen LogP contribution in [0.4, 0.5) is 5.69 Å². The molecule has 1 N–H and O–H groups in total. The fourth-order valence-corrected chi connectivity index (χ4v) is 5.74. The van der Waals surface area contributed by atoms with Crippen molar-refractivity contribution in [2.75, 3.05) is 30.8 Å². The van der Waals surface area contributed by atoms with Crippen LogP contribution >= 0.6 is 34.8 Å². The van der Waals surface area contributed by atoms with Crippen molar-refractivity contribution in [1.29, 1.82) is 0 Å². The summed E-state index contributed by atoms with van der Waals surface area (Å²) in [6.45, 7) is 3.62. The molecule has 0 heterocycles. The number of carbonyl (C=O) groups is 2. The highest BCUT2D eigenvalue weighted by atomic mass is 35.5. The number of benzene rings is 3. The van der Waals surface area contributed by atoms with Gasteiger partial charge in [0.15, 0.2) is 0 Å². The van der Waals surface area contributed by atoms with Gasteiger partial charge in [-0.25, -0.2) is 8.42 Å². The maximum atomic E-state index is 14.2. The van der Waals surface area contributed by atoms with Gasteiger partial charge in [-0.05, 0) is 47.4 Å². The van der Waals surface area contributed by atoms with Gasteiger partial charge in [0, 0.05) is 34.6 Å². The molecule has 0 unspecified atom stereocenters. The smallest absolute Gasteiger partial charge is 0.244 e. The van der Waals surface area contributed by atoms with E-state index in [-0.39, 0.29) is 41.3 Å². The van der Waals surface area contributed by atoms with Gasteiger partial charge in [0.2, 0.25) is 21.8 Å². The van der Waals surface area contributed by atoms with E-state index in [1.807, 2.05) is 44.2 Å². The van der Waals surface area contributed by atoms with Crippen molar-refractivity contribution >= 4 is 62.3 Å². The zero-order chi connectivity index (χ0) is 31.0.